The monoisotopic (exact) mass is 300 g/mol. The third-order valence-electron chi connectivity index (χ3n) is 3.31. The van der Waals surface area contributed by atoms with E-state index in [-0.39, 0.29) is 5.91 Å². The zero-order valence-electron chi connectivity index (χ0n) is 11.5. The average molecular weight is 300 g/mol. The van der Waals surface area contributed by atoms with Gasteiger partial charge in [-0.05, 0) is 42.0 Å². The molecule has 0 fully saturated rings. The number of hydrogen-bond acceptors (Lipinski definition) is 4. The number of fused-ring (bicyclic) bond motifs is 1. The Balaban J connectivity index is 1.43. The summed E-state index contributed by atoms with van der Waals surface area (Å²) in [7, 11) is 0. The van der Waals surface area contributed by atoms with E-state index in [1.165, 1.54) is 11.3 Å². The van der Waals surface area contributed by atoms with Crippen molar-refractivity contribution in [2.75, 3.05) is 6.54 Å². The van der Waals surface area contributed by atoms with E-state index in [0.717, 1.165) is 29.5 Å². The van der Waals surface area contributed by atoms with E-state index < -0.39 is 0 Å². The van der Waals surface area contributed by atoms with Gasteiger partial charge < -0.3 is 9.73 Å². The topological polar surface area (TPSA) is 55.1 Å². The lowest BCUT2D eigenvalue weighted by Crippen LogP contribution is -2.25. The number of aromatic nitrogens is 1. The smallest absolute Gasteiger partial charge is 0.220 e. The maximum absolute atomic E-state index is 11.8. The summed E-state index contributed by atoms with van der Waals surface area (Å²) in [6, 6.07) is 10.00. The summed E-state index contributed by atoms with van der Waals surface area (Å²) in [5.41, 5.74) is 2.79. The molecule has 3 aromatic rings. The fourth-order valence-electron chi connectivity index (χ4n) is 2.18. The molecule has 21 heavy (non-hydrogen) atoms. The molecule has 0 aliphatic heterocycles. The largest absolute Gasteiger partial charge is 0.443 e. The van der Waals surface area contributed by atoms with Gasteiger partial charge in [0.05, 0.1) is 0 Å². The molecule has 0 radical (unpaired) electrons. The van der Waals surface area contributed by atoms with Crippen LogP contribution in [0.2, 0.25) is 0 Å². The maximum atomic E-state index is 11.8. The third-order valence-corrected chi connectivity index (χ3v) is 4.25. The van der Waals surface area contributed by atoms with Crippen LogP contribution in [0.1, 0.15) is 16.9 Å². The number of nitrogens with zero attached hydrogens (tertiary/aromatic N) is 1. The van der Waals surface area contributed by atoms with Gasteiger partial charge >= 0.3 is 0 Å². The SMILES string of the molecule is O=C(CCc1cccs1)NCCc1ccc2ncoc2c1. The summed E-state index contributed by atoms with van der Waals surface area (Å²) < 4.78 is 5.27. The minimum absolute atomic E-state index is 0.101. The molecule has 3 rings (SSSR count). The van der Waals surface area contributed by atoms with Crippen molar-refractivity contribution >= 4 is 28.3 Å². The molecule has 2 heterocycles. The highest BCUT2D eigenvalue weighted by atomic mass is 32.1. The van der Waals surface area contributed by atoms with Gasteiger partial charge in [0.25, 0.3) is 0 Å². The molecule has 0 unspecified atom stereocenters. The maximum Gasteiger partial charge on any atom is 0.220 e. The van der Waals surface area contributed by atoms with Gasteiger partial charge in [0.1, 0.15) is 5.52 Å². The molecule has 0 aliphatic carbocycles. The van der Waals surface area contributed by atoms with Crippen molar-refractivity contribution in [3.05, 3.63) is 52.5 Å². The Labute approximate surface area is 126 Å². The number of oxazole rings is 1. The Morgan fingerprint density at radius 3 is 3.10 bits per heavy atom. The molecule has 5 heteroatoms. The standard InChI is InChI=1S/C16H16N2O2S/c19-16(6-4-13-2-1-9-21-13)17-8-7-12-3-5-14-15(10-12)20-11-18-14/h1-3,5,9-11H,4,6-8H2,(H,17,19). The summed E-state index contributed by atoms with van der Waals surface area (Å²) in [6.45, 7) is 0.642. The number of benzene rings is 1. The van der Waals surface area contributed by atoms with Crippen LogP contribution in [0.5, 0.6) is 0 Å². The van der Waals surface area contributed by atoms with Gasteiger partial charge in [0.15, 0.2) is 12.0 Å². The average Bonchev–Trinajstić information content (AvgIpc) is 3.16. The van der Waals surface area contributed by atoms with Gasteiger partial charge in [-0.15, -0.1) is 11.3 Å². The van der Waals surface area contributed by atoms with Crippen molar-refractivity contribution in [3.8, 4) is 0 Å². The number of carbonyl (C=O) groups excluding carboxylic acids is 1. The van der Waals surface area contributed by atoms with Crippen molar-refractivity contribution in [2.45, 2.75) is 19.3 Å². The molecule has 0 atom stereocenters. The van der Waals surface area contributed by atoms with E-state index in [1.54, 1.807) is 11.3 Å². The summed E-state index contributed by atoms with van der Waals surface area (Å²) in [6.07, 6.45) is 3.59. The number of nitrogens with one attached hydrogen (secondary N) is 1. The second-order valence-corrected chi connectivity index (χ2v) is 5.87. The first kappa shape index (κ1) is 13.8. The van der Waals surface area contributed by atoms with Crippen LogP contribution in [0.3, 0.4) is 0 Å². The Kier molecular flexibility index (Phi) is 4.31. The molecule has 4 nitrogen and oxygen atoms in total. The van der Waals surface area contributed by atoms with E-state index >= 15 is 0 Å². The van der Waals surface area contributed by atoms with Crippen LogP contribution in [0.15, 0.2) is 46.5 Å². The Hall–Kier alpha value is -2.14. The first-order chi connectivity index (χ1) is 10.3. The van der Waals surface area contributed by atoms with Crippen LogP contribution in [0.4, 0.5) is 0 Å². The highest BCUT2D eigenvalue weighted by molar-refractivity contribution is 7.09. The first-order valence-electron chi connectivity index (χ1n) is 6.92. The van der Waals surface area contributed by atoms with Crippen molar-refractivity contribution in [1.82, 2.24) is 10.3 Å². The predicted octanol–water partition coefficient (Wildman–Crippen LogP) is 3.18. The minimum Gasteiger partial charge on any atom is -0.443 e. The molecular weight excluding hydrogens is 284 g/mol. The number of thiophene rings is 1. The molecule has 0 aliphatic rings. The van der Waals surface area contributed by atoms with E-state index in [0.29, 0.717) is 13.0 Å². The number of carbonyl (C=O) groups is 1. The molecule has 1 N–H and O–H groups in total. The second-order valence-electron chi connectivity index (χ2n) is 4.83. The van der Waals surface area contributed by atoms with E-state index in [1.807, 2.05) is 29.6 Å². The molecule has 108 valence electrons. The number of rotatable bonds is 6. The quantitative estimate of drug-likeness (QED) is 0.760. The lowest BCUT2D eigenvalue weighted by molar-refractivity contribution is -0.121. The van der Waals surface area contributed by atoms with Gasteiger partial charge in [-0.3, -0.25) is 4.79 Å². The third kappa shape index (κ3) is 3.70. The Morgan fingerprint density at radius 1 is 1.29 bits per heavy atom. The normalized spacial score (nSPS) is 10.9. The fraction of sp³-hybridized carbons (Fsp3) is 0.250. The molecule has 1 amide bonds. The summed E-state index contributed by atoms with van der Waals surface area (Å²) >= 11 is 1.69. The molecule has 2 aromatic heterocycles. The molecule has 0 saturated heterocycles. The van der Waals surface area contributed by atoms with Crippen molar-refractivity contribution in [2.24, 2.45) is 0 Å². The number of amides is 1. The Morgan fingerprint density at radius 2 is 2.24 bits per heavy atom. The van der Waals surface area contributed by atoms with Crippen LogP contribution in [0, 0.1) is 0 Å². The van der Waals surface area contributed by atoms with Gasteiger partial charge in [-0.25, -0.2) is 4.98 Å². The van der Waals surface area contributed by atoms with Crippen molar-refractivity contribution in [1.29, 1.82) is 0 Å². The lowest BCUT2D eigenvalue weighted by Gasteiger charge is -2.05. The van der Waals surface area contributed by atoms with Gasteiger partial charge in [0, 0.05) is 17.8 Å². The highest BCUT2D eigenvalue weighted by Crippen LogP contribution is 2.14. The molecular formula is C16H16N2O2S. The van der Waals surface area contributed by atoms with E-state index in [2.05, 4.69) is 16.4 Å². The van der Waals surface area contributed by atoms with Gasteiger partial charge in [-0.2, -0.15) is 0 Å². The number of hydrogen-bond donors (Lipinski definition) is 1. The zero-order chi connectivity index (χ0) is 14.5. The Bertz CT molecular complexity index is 719. The minimum atomic E-state index is 0.101. The van der Waals surface area contributed by atoms with Crippen LogP contribution < -0.4 is 5.32 Å². The van der Waals surface area contributed by atoms with Crippen LogP contribution in [0.25, 0.3) is 11.1 Å². The zero-order valence-corrected chi connectivity index (χ0v) is 12.4. The lowest BCUT2D eigenvalue weighted by atomic mass is 10.1. The predicted molar refractivity (Wildman–Crippen MR) is 83.4 cm³/mol. The summed E-state index contributed by atoms with van der Waals surface area (Å²) in [4.78, 5) is 17.1. The summed E-state index contributed by atoms with van der Waals surface area (Å²) in [5.74, 6) is 0.101. The first-order valence-corrected chi connectivity index (χ1v) is 7.80. The van der Waals surface area contributed by atoms with E-state index in [9.17, 15) is 4.79 Å². The highest BCUT2D eigenvalue weighted by Gasteiger charge is 2.04. The fourth-order valence-corrected chi connectivity index (χ4v) is 2.89. The van der Waals surface area contributed by atoms with Gasteiger partial charge in [0.2, 0.25) is 5.91 Å². The molecule has 0 saturated carbocycles. The van der Waals surface area contributed by atoms with E-state index in [4.69, 9.17) is 4.42 Å². The second kappa shape index (κ2) is 6.54. The summed E-state index contributed by atoms with van der Waals surface area (Å²) in [5, 5.41) is 4.99. The number of aryl methyl sites for hydroxylation is 1. The molecule has 0 spiro atoms. The molecule has 0 bridgehead atoms. The van der Waals surface area contributed by atoms with Crippen molar-refractivity contribution < 1.29 is 9.21 Å². The van der Waals surface area contributed by atoms with Crippen LogP contribution >= 0.6 is 11.3 Å². The molecule has 1 aromatic carbocycles. The van der Waals surface area contributed by atoms with Crippen molar-refractivity contribution in [3.63, 3.8) is 0 Å². The van der Waals surface area contributed by atoms with Gasteiger partial charge in [-0.1, -0.05) is 12.1 Å². The van der Waals surface area contributed by atoms with Crippen LogP contribution in [-0.2, 0) is 17.6 Å². The van der Waals surface area contributed by atoms with Crippen LogP contribution in [-0.4, -0.2) is 17.4 Å².